The van der Waals surface area contributed by atoms with Crippen molar-refractivity contribution >= 4 is 6.03 Å². The van der Waals surface area contributed by atoms with Crippen molar-refractivity contribution in [3.63, 3.8) is 0 Å². The first-order chi connectivity index (χ1) is 10.7. The number of nitrogens with one attached hydrogen (secondary N) is 2. The molecule has 2 amide bonds. The quantitative estimate of drug-likeness (QED) is 0.794. The van der Waals surface area contributed by atoms with Crippen molar-refractivity contribution in [1.29, 1.82) is 0 Å². The summed E-state index contributed by atoms with van der Waals surface area (Å²) in [5.74, 6) is -0.240. The minimum Gasteiger partial charge on any atom is -0.381 e. The van der Waals surface area contributed by atoms with Gasteiger partial charge in [-0.15, -0.1) is 0 Å². The van der Waals surface area contributed by atoms with Crippen LogP contribution in [-0.4, -0.2) is 32.3 Å². The van der Waals surface area contributed by atoms with Crippen LogP contribution in [0.15, 0.2) is 24.3 Å². The molecule has 1 saturated heterocycles. The summed E-state index contributed by atoms with van der Waals surface area (Å²) >= 11 is 0. The number of ether oxygens (including phenoxy) is 1. The van der Waals surface area contributed by atoms with Crippen LogP contribution in [-0.2, 0) is 10.2 Å². The fourth-order valence-corrected chi connectivity index (χ4v) is 2.84. The lowest BCUT2D eigenvalue weighted by Gasteiger charge is -2.38. The van der Waals surface area contributed by atoms with Gasteiger partial charge in [-0.2, -0.15) is 0 Å². The Morgan fingerprint density at radius 2 is 2.09 bits per heavy atom. The second-order valence-electron chi connectivity index (χ2n) is 5.87. The van der Waals surface area contributed by atoms with Gasteiger partial charge < -0.3 is 15.4 Å². The minimum atomic E-state index is -0.248. The van der Waals surface area contributed by atoms with Crippen molar-refractivity contribution in [2.75, 3.05) is 26.3 Å². The number of carbonyl (C=O) groups is 1. The largest absolute Gasteiger partial charge is 0.381 e. The summed E-state index contributed by atoms with van der Waals surface area (Å²) in [6, 6.07) is 6.52. The second-order valence-corrected chi connectivity index (χ2v) is 5.87. The molecule has 0 aliphatic carbocycles. The monoisotopic (exact) mass is 308 g/mol. The first kappa shape index (κ1) is 16.7. The van der Waals surface area contributed by atoms with Crippen LogP contribution in [0.3, 0.4) is 0 Å². The van der Waals surface area contributed by atoms with Crippen molar-refractivity contribution in [2.24, 2.45) is 0 Å². The molecule has 2 rings (SSSR count). The zero-order valence-corrected chi connectivity index (χ0v) is 13.2. The molecule has 1 aromatic rings. The van der Waals surface area contributed by atoms with Crippen molar-refractivity contribution in [1.82, 2.24) is 10.6 Å². The molecule has 1 aliphatic rings. The highest BCUT2D eigenvalue weighted by molar-refractivity contribution is 5.73. The molecule has 0 atom stereocenters. The molecular weight excluding hydrogens is 283 g/mol. The SMILES string of the molecule is CCCCNC(=O)NCC1(c2cccc(F)c2)CCOCC1. The van der Waals surface area contributed by atoms with Gasteiger partial charge in [-0.3, -0.25) is 0 Å². The van der Waals surface area contributed by atoms with Crippen molar-refractivity contribution in [3.05, 3.63) is 35.6 Å². The average molecular weight is 308 g/mol. The van der Waals surface area contributed by atoms with Crippen LogP contribution in [0.5, 0.6) is 0 Å². The Kier molecular flexibility index (Phi) is 6.19. The molecule has 0 spiro atoms. The molecule has 1 aliphatic heterocycles. The lowest BCUT2D eigenvalue weighted by Crippen LogP contribution is -2.47. The Morgan fingerprint density at radius 3 is 2.77 bits per heavy atom. The smallest absolute Gasteiger partial charge is 0.314 e. The summed E-state index contributed by atoms with van der Waals surface area (Å²) in [5.41, 5.74) is 0.687. The zero-order chi connectivity index (χ0) is 15.8. The Morgan fingerprint density at radius 1 is 1.32 bits per heavy atom. The first-order valence-corrected chi connectivity index (χ1v) is 8.02. The molecule has 1 fully saturated rings. The van der Waals surface area contributed by atoms with E-state index < -0.39 is 0 Å². The predicted octanol–water partition coefficient (Wildman–Crippen LogP) is 2.97. The summed E-state index contributed by atoms with van der Waals surface area (Å²) in [7, 11) is 0. The van der Waals surface area contributed by atoms with Crippen LogP contribution in [0, 0.1) is 5.82 Å². The lowest BCUT2D eigenvalue weighted by molar-refractivity contribution is 0.0506. The molecule has 22 heavy (non-hydrogen) atoms. The molecule has 1 aromatic carbocycles. The maximum Gasteiger partial charge on any atom is 0.314 e. The molecule has 0 unspecified atom stereocenters. The third-order valence-corrected chi connectivity index (χ3v) is 4.29. The third-order valence-electron chi connectivity index (χ3n) is 4.29. The van der Waals surface area contributed by atoms with Crippen LogP contribution < -0.4 is 10.6 Å². The summed E-state index contributed by atoms with van der Waals surface area (Å²) in [6.45, 7) is 4.53. The van der Waals surface area contributed by atoms with Crippen LogP contribution in [0.2, 0.25) is 0 Å². The highest BCUT2D eigenvalue weighted by Crippen LogP contribution is 2.34. The van der Waals surface area contributed by atoms with E-state index in [1.165, 1.54) is 6.07 Å². The summed E-state index contributed by atoms with van der Waals surface area (Å²) in [4.78, 5) is 11.9. The number of unbranched alkanes of at least 4 members (excludes halogenated alkanes) is 1. The van der Waals surface area contributed by atoms with Gasteiger partial charge in [-0.1, -0.05) is 25.5 Å². The van der Waals surface area contributed by atoms with E-state index in [1.54, 1.807) is 12.1 Å². The number of hydrogen-bond donors (Lipinski definition) is 2. The molecule has 0 radical (unpaired) electrons. The Labute approximate surface area is 131 Å². The van der Waals surface area contributed by atoms with Crippen molar-refractivity contribution in [3.8, 4) is 0 Å². The van der Waals surface area contributed by atoms with E-state index in [2.05, 4.69) is 17.6 Å². The molecule has 1 heterocycles. The van der Waals surface area contributed by atoms with Crippen LogP contribution >= 0.6 is 0 Å². The van der Waals surface area contributed by atoms with Crippen LogP contribution in [0.1, 0.15) is 38.2 Å². The first-order valence-electron chi connectivity index (χ1n) is 8.02. The molecule has 4 nitrogen and oxygen atoms in total. The maximum atomic E-state index is 13.6. The lowest BCUT2D eigenvalue weighted by atomic mass is 9.74. The Hall–Kier alpha value is -1.62. The molecule has 0 bridgehead atoms. The van der Waals surface area contributed by atoms with E-state index in [1.807, 2.05) is 6.07 Å². The van der Waals surface area contributed by atoms with Crippen molar-refractivity contribution < 1.29 is 13.9 Å². The van der Waals surface area contributed by atoms with Gasteiger partial charge in [-0.05, 0) is 37.0 Å². The normalized spacial score (nSPS) is 17.0. The predicted molar refractivity (Wildman–Crippen MR) is 84.4 cm³/mol. The molecule has 122 valence electrons. The number of carbonyl (C=O) groups excluding carboxylic acids is 1. The standard InChI is InChI=1S/C17H25FN2O2/c1-2-3-9-19-16(21)20-13-17(7-10-22-11-8-17)14-5-4-6-15(18)12-14/h4-6,12H,2-3,7-11,13H2,1H3,(H2,19,20,21). The van der Waals surface area contributed by atoms with Crippen molar-refractivity contribution in [2.45, 2.75) is 38.0 Å². The van der Waals surface area contributed by atoms with E-state index >= 15 is 0 Å². The summed E-state index contributed by atoms with van der Waals surface area (Å²) < 4.78 is 19.0. The van der Waals surface area contributed by atoms with Gasteiger partial charge in [0.25, 0.3) is 0 Å². The number of urea groups is 1. The number of halogens is 1. The van der Waals surface area contributed by atoms with E-state index in [0.29, 0.717) is 26.3 Å². The van der Waals surface area contributed by atoms with E-state index in [0.717, 1.165) is 31.2 Å². The van der Waals surface area contributed by atoms with Crippen LogP contribution in [0.25, 0.3) is 0 Å². The molecule has 0 saturated carbocycles. The Bertz CT molecular complexity index is 487. The number of rotatable bonds is 6. The molecule has 2 N–H and O–H groups in total. The average Bonchev–Trinajstić information content (AvgIpc) is 2.54. The summed E-state index contributed by atoms with van der Waals surface area (Å²) in [6.07, 6.45) is 3.58. The van der Waals surface area contributed by atoms with Gasteiger partial charge in [-0.25, -0.2) is 9.18 Å². The van der Waals surface area contributed by atoms with Gasteiger partial charge in [0, 0.05) is 31.7 Å². The second kappa shape index (κ2) is 8.13. The Balaban J connectivity index is 2.02. The van der Waals surface area contributed by atoms with Gasteiger partial charge in [0.2, 0.25) is 0 Å². The molecule has 0 aromatic heterocycles. The molecule has 5 heteroatoms. The number of benzene rings is 1. The van der Waals surface area contributed by atoms with E-state index in [9.17, 15) is 9.18 Å². The fourth-order valence-electron chi connectivity index (χ4n) is 2.84. The summed E-state index contributed by atoms with van der Waals surface area (Å²) in [5, 5.41) is 5.79. The van der Waals surface area contributed by atoms with Gasteiger partial charge in [0.15, 0.2) is 0 Å². The number of hydrogen-bond acceptors (Lipinski definition) is 2. The highest BCUT2D eigenvalue weighted by Gasteiger charge is 2.35. The zero-order valence-electron chi connectivity index (χ0n) is 13.2. The fraction of sp³-hybridized carbons (Fsp3) is 0.588. The molecular formula is C17H25FN2O2. The van der Waals surface area contributed by atoms with E-state index in [-0.39, 0.29) is 17.3 Å². The maximum absolute atomic E-state index is 13.6. The van der Waals surface area contributed by atoms with Gasteiger partial charge >= 0.3 is 6.03 Å². The van der Waals surface area contributed by atoms with Gasteiger partial charge in [0.1, 0.15) is 5.82 Å². The van der Waals surface area contributed by atoms with E-state index in [4.69, 9.17) is 4.74 Å². The minimum absolute atomic E-state index is 0.157. The topological polar surface area (TPSA) is 50.4 Å². The van der Waals surface area contributed by atoms with Crippen LogP contribution in [0.4, 0.5) is 9.18 Å². The highest BCUT2D eigenvalue weighted by atomic mass is 19.1. The number of amides is 2. The third kappa shape index (κ3) is 4.44. The van der Waals surface area contributed by atoms with Gasteiger partial charge in [0.05, 0.1) is 0 Å².